The minimum Gasteiger partial charge on any atom is -0.491 e. The summed E-state index contributed by atoms with van der Waals surface area (Å²) in [6.07, 6.45) is 1.22. The first-order valence-corrected chi connectivity index (χ1v) is 7.44. The average Bonchev–Trinajstić information content (AvgIpc) is 2.94. The lowest BCUT2D eigenvalue weighted by Gasteiger charge is -2.18. The van der Waals surface area contributed by atoms with Crippen molar-refractivity contribution in [1.82, 2.24) is 5.32 Å². The van der Waals surface area contributed by atoms with Crippen molar-refractivity contribution in [1.29, 1.82) is 0 Å². The first kappa shape index (κ1) is 15.8. The molecule has 0 aromatic heterocycles. The van der Waals surface area contributed by atoms with Crippen LogP contribution in [0.15, 0.2) is 24.3 Å². The van der Waals surface area contributed by atoms with E-state index in [1.54, 1.807) is 0 Å². The van der Waals surface area contributed by atoms with Gasteiger partial charge in [-0.05, 0) is 44.4 Å². The summed E-state index contributed by atoms with van der Waals surface area (Å²) >= 11 is 0. The van der Waals surface area contributed by atoms with Crippen LogP contribution < -0.4 is 15.8 Å². The Labute approximate surface area is 125 Å². The summed E-state index contributed by atoms with van der Waals surface area (Å²) in [6.45, 7) is 4.84. The van der Waals surface area contributed by atoms with Gasteiger partial charge in [0.2, 0.25) is 5.91 Å². The van der Waals surface area contributed by atoms with Gasteiger partial charge in [0.05, 0.1) is 12.1 Å². The van der Waals surface area contributed by atoms with Crippen molar-refractivity contribution in [3.63, 3.8) is 0 Å². The summed E-state index contributed by atoms with van der Waals surface area (Å²) in [4.78, 5) is 12.1. The number of amides is 1. The number of rotatable bonds is 6. The molecule has 0 aliphatic carbocycles. The molecule has 116 valence electrons. The van der Waals surface area contributed by atoms with Gasteiger partial charge in [-0.3, -0.25) is 4.79 Å². The Kier molecular flexibility index (Phi) is 5.59. The van der Waals surface area contributed by atoms with E-state index >= 15 is 0 Å². The van der Waals surface area contributed by atoms with Crippen LogP contribution in [0.1, 0.15) is 25.3 Å². The van der Waals surface area contributed by atoms with Crippen molar-refractivity contribution < 1.29 is 14.3 Å². The zero-order valence-corrected chi connectivity index (χ0v) is 12.7. The molecule has 1 saturated heterocycles. The molecule has 1 fully saturated rings. The highest BCUT2D eigenvalue weighted by Crippen LogP contribution is 2.19. The molecule has 0 spiro atoms. The van der Waals surface area contributed by atoms with Crippen molar-refractivity contribution in [3.8, 4) is 5.75 Å². The van der Waals surface area contributed by atoms with E-state index in [-0.39, 0.29) is 24.2 Å². The lowest BCUT2D eigenvalue weighted by molar-refractivity contribution is -0.132. The van der Waals surface area contributed by atoms with Crippen LogP contribution in [0.4, 0.5) is 0 Å². The normalized spacial score (nSPS) is 22.8. The molecule has 21 heavy (non-hydrogen) atoms. The Morgan fingerprint density at radius 1 is 1.52 bits per heavy atom. The van der Waals surface area contributed by atoms with E-state index in [2.05, 4.69) is 5.32 Å². The summed E-state index contributed by atoms with van der Waals surface area (Å²) < 4.78 is 11.3. The minimum atomic E-state index is -0.375. The number of nitrogens with two attached hydrogens (primary N) is 1. The number of aryl methyl sites for hydroxylation is 1. The monoisotopic (exact) mass is 292 g/mol. The van der Waals surface area contributed by atoms with Gasteiger partial charge in [0, 0.05) is 6.54 Å². The molecular weight excluding hydrogens is 268 g/mol. The van der Waals surface area contributed by atoms with Crippen LogP contribution in [0.2, 0.25) is 0 Å². The zero-order valence-electron chi connectivity index (χ0n) is 12.7. The third-order valence-electron chi connectivity index (χ3n) is 3.54. The van der Waals surface area contributed by atoms with E-state index in [1.165, 1.54) is 0 Å². The number of carbonyl (C=O) groups excluding carboxylic acids is 1. The minimum absolute atomic E-state index is 0.0135. The summed E-state index contributed by atoms with van der Waals surface area (Å²) in [6, 6.07) is 7.78. The van der Waals surface area contributed by atoms with Gasteiger partial charge >= 0.3 is 0 Å². The van der Waals surface area contributed by atoms with E-state index in [4.69, 9.17) is 15.2 Å². The van der Waals surface area contributed by atoms with Crippen molar-refractivity contribution in [2.45, 2.75) is 44.9 Å². The lowest BCUT2D eigenvalue weighted by atomic mass is 10.2. The van der Waals surface area contributed by atoms with Crippen molar-refractivity contribution in [2.75, 3.05) is 13.2 Å². The smallest absolute Gasteiger partial charge is 0.249 e. The van der Waals surface area contributed by atoms with E-state index in [0.29, 0.717) is 13.2 Å². The van der Waals surface area contributed by atoms with Gasteiger partial charge in [0.15, 0.2) is 0 Å². The van der Waals surface area contributed by atoms with Gasteiger partial charge < -0.3 is 20.5 Å². The van der Waals surface area contributed by atoms with Crippen LogP contribution in [0.3, 0.4) is 0 Å². The van der Waals surface area contributed by atoms with Crippen molar-refractivity contribution in [2.24, 2.45) is 5.73 Å². The molecule has 5 heteroatoms. The molecule has 1 amide bonds. The Morgan fingerprint density at radius 2 is 2.33 bits per heavy atom. The molecule has 0 bridgehead atoms. The second kappa shape index (κ2) is 7.43. The molecule has 1 unspecified atom stereocenters. The fourth-order valence-corrected chi connectivity index (χ4v) is 2.38. The van der Waals surface area contributed by atoms with Gasteiger partial charge in [-0.1, -0.05) is 12.1 Å². The highest BCUT2D eigenvalue weighted by molar-refractivity contribution is 5.81. The van der Waals surface area contributed by atoms with Crippen LogP contribution in [0, 0.1) is 6.92 Å². The molecule has 0 radical (unpaired) electrons. The summed E-state index contributed by atoms with van der Waals surface area (Å²) in [5.74, 6) is 0.739. The number of benzene rings is 1. The van der Waals surface area contributed by atoms with Gasteiger partial charge in [0.25, 0.3) is 0 Å². The number of nitrogens with one attached hydrogen (secondary N) is 1. The average molecular weight is 292 g/mol. The molecule has 3 N–H and O–H groups in total. The maximum absolute atomic E-state index is 12.1. The molecule has 0 saturated carbocycles. The van der Waals surface area contributed by atoms with Crippen molar-refractivity contribution in [3.05, 3.63) is 29.8 Å². The third-order valence-corrected chi connectivity index (χ3v) is 3.54. The maximum Gasteiger partial charge on any atom is 0.249 e. The standard InChI is InChI=1S/C16H24N2O3/c1-11-4-3-5-13(8-11)20-10-12(2)18-16(19)15-7-6-14(9-17)21-15/h3-5,8,12,14-15H,6-7,9-10,17H2,1-2H3,(H,18,19)/t12?,14-,15+/m1/s1. The molecule has 3 atom stereocenters. The van der Waals surface area contributed by atoms with Crippen molar-refractivity contribution >= 4 is 5.91 Å². The Balaban J connectivity index is 1.74. The van der Waals surface area contributed by atoms with Gasteiger partial charge in [-0.2, -0.15) is 0 Å². The number of hydrogen-bond donors (Lipinski definition) is 2. The molecule has 5 nitrogen and oxygen atoms in total. The van der Waals surface area contributed by atoms with Crippen LogP contribution in [0.25, 0.3) is 0 Å². The number of hydrogen-bond acceptors (Lipinski definition) is 4. The third kappa shape index (κ3) is 4.72. The Hall–Kier alpha value is -1.59. The lowest BCUT2D eigenvalue weighted by Crippen LogP contribution is -2.43. The van der Waals surface area contributed by atoms with Crippen LogP contribution in [-0.2, 0) is 9.53 Å². The van der Waals surface area contributed by atoms with E-state index in [0.717, 1.165) is 24.2 Å². The quantitative estimate of drug-likeness (QED) is 0.831. The summed E-state index contributed by atoms with van der Waals surface area (Å²) in [5.41, 5.74) is 6.69. The first-order chi connectivity index (χ1) is 10.1. The van der Waals surface area contributed by atoms with Gasteiger partial charge in [0.1, 0.15) is 18.5 Å². The van der Waals surface area contributed by atoms with E-state index in [9.17, 15) is 4.79 Å². The van der Waals surface area contributed by atoms with E-state index in [1.807, 2.05) is 38.1 Å². The SMILES string of the molecule is Cc1cccc(OCC(C)NC(=O)[C@@H]2CC[C@H](CN)O2)c1. The Bertz CT molecular complexity index is 478. The molecule has 1 aliphatic heterocycles. The van der Waals surface area contributed by atoms with Crippen LogP contribution in [-0.4, -0.2) is 37.3 Å². The Morgan fingerprint density at radius 3 is 3.00 bits per heavy atom. The predicted molar refractivity (Wildman–Crippen MR) is 81.2 cm³/mol. The maximum atomic E-state index is 12.1. The molecular formula is C16H24N2O3. The number of ether oxygens (including phenoxy) is 2. The van der Waals surface area contributed by atoms with Gasteiger partial charge in [-0.25, -0.2) is 0 Å². The van der Waals surface area contributed by atoms with Crippen LogP contribution >= 0.6 is 0 Å². The summed E-state index contributed by atoms with van der Waals surface area (Å²) in [7, 11) is 0. The second-order valence-corrected chi connectivity index (χ2v) is 5.60. The summed E-state index contributed by atoms with van der Waals surface area (Å²) in [5, 5.41) is 2.92. The largest absolute Gasteiger partial charge is 0.491 e. The number of carbonyl (C=O) groups is 1. The predicted octanol–water partition coefficient (Wildman–Crippen LogP) is 1.38. The highest BCUT2D eigenvalue weighted by atomic mass is 16.5. The zero-order chi connectivity index (χ0) is 15.2. The first-order valence-electron chi connectivity index (χ1n) is 7.44. The van der Waals surface area contributed by atoms with E-state index < -0.39 is 0 Å². The highest BCUT2D eigenvalue weighted by Gasteiger charge is 2.30. The topological polar surface area (TPSA) is 73.6 Å². The fourth-order valence-electron chi connectivity index (χ4n) is 2.38. The van der Waals surface area contributed by atoms with Gasteiger partial charge in [-0.15, -0.1) is 0 Å². The molecule has 1 aromatic rings. The molecule has 2 rings (SSSR count). The molecule has 1 aromatic carbocycles. The second-order valence-electron chi connectivity index (χ2n) is 5.60. The molecule has 1 aliphatic rings. The molecule has 1 heterocycles. The fraction of sp³-hybridized carbons (Fsp3) is 0.562. The van der Waals surface area contributed by atoms with Crippen LogP contribution in [0.5, 0.6) is 5.75 Å².